The zero-order valence-electron chi connectivity index (χ0n) is 14.0. The van der Waals surface area contributed by atoms with Gasteiger partial charge in [-0.3, -0.25) is 4.79 Å². The molecule has 1 saturated heterocycles. The van der Waals surface area contributed by atoms with Gasteiger partial charge in [0, 0.05) is 19.5 Å². The first-order valence-corrected chi connectivity index (χ1v) is 8.17. The number of amides is 1. The number of aryl methyl sites for hydroxylation is 1. The Morgan fingerprint density at radius 1 is 1.27 bits per heavy atom. The smallest absolute Gasteiger partial charge is 0.223 e. The van der Waals surface area contributed by atoms with Crippen molar-refractivity contribution >= 4 is 18.3 Å². The van der Waals surface area contributed by atoms with Gasteiger partial charge in [0.15, 0.2) is 0 Å². The highest BCUT2D eigenvalue weighted by Gasteiger charge is 2.23. The third-order valence-corrected chi connectivity index (χ3v) is 4.69. The van der Waals surface area contributed by atoms with E-state index in [1.807, 2.05) is 11.9 Å². The Morgan fingerprint density at radius 2 is 1.86 bits per heavy atom. The first-order chi connectivity index (χ1) is 10.1. The second-order valence-electron chi connectivity index (χ2n) is 6.19. The van der Waals surface area contributed by atoms with Gasteiger partial charge in [-0.15, -0.1) is 12.4 Å². The van der Waals surface area contributed by atoms with Crippen LogP contribution in [0.4, 0.5) is 0 Å². The van der Waals surface area contributed by atoms with E-state index in [2.05, 4.69) is 43.4 Å². The molecular formula is C18H29ClN2O. The van der Waals surface area contributed by atoms with Crippen LogP contribution in [-0.4, -0.2) is 37.0 Å². The predicted molar refractivity (Wildman–Crippen MR) is 94.8 cm³/mol. The number of rotatable bonds is 5. The van der Waals surface area contributed by atoms with E-state index in [0.717, 1.165) is 32.4 Å². The Balaban J connectivity index is 0.00000242. The molecule has 1 amide bonds. The van der Waals surface area contributed by atoms with Crippen molar-refractivity contribution in [1.29, 1.82) is 0 Å². The summed E-state index contributed by atoms with van der Waals surface area (Å²) < 4.78 is 0. The summed E-state index contributed by atoms with van der Waals surface area (Å²) in [6, 6.07) is 9.09. The highest BCUT2D eigenvalue weighted by Crippen LogP contribution is 2.22. The van der Waals surface area contributed by atoms with E-state index in [1.165, 1.54) is 11.1 Å². The first-order valence-electron chi connectivity index (χ1n) is 8.17. The summed E-state index contributed by atoms with van der Waals surface area (Å²) in [7, 11) is 1.96. The fourth-order valence-corrected chi connectivity index (χ4v) is 3.00. The van der Waals surface area contributed by atoms with Crippen molar-refractivity contribution in [3.8, 4) is 0 Å². The quantitative estimate of drug-likeness (QED) is 0.900. The number of halogens is 1. The summed E-state index contributed by atoms with van der Waals surface area (Å²) in [4.78, 5) is 14.4. The van der Waals surface area contributed by atoms with Crippen LogP contribution in [-0.2, 0) is 11.2 Å². The van der Waals surface area contributed by atoms with Gasteiger partial charge < -0.3 is 10.2 Å². The van der Waals surface area contributed by atoms with E-state index in [-0.39, 0.29) is 24.2 Å². The van der Waals surface area contributed by atoms with Gasteiger partial charge in [0.05, 0.1) is 0 Å². The van der Waals surface area contributed by atoms with Crippen molar-refractivity contribution in [3.63, 3.8) is 0 Å². The Bertz CT molecular complexity index is 455. The molecule has 124 valence electrons. The Hall–Kier alpha value is -1.06. The molecule has 4 heteroatoms. The van der Waals surface area contributed by atoms with Gasteiger partial charge in [0.25, 0.3) is 0 Å². The van der Waals surface area contributed by atoms with Crippen LogP contribution in [0.3, 0.4) is 0 Å². The van der Waals surface area contributed by atoms with Crippen molar-refractivity contribution in [2.45, 2.75) is 51.5 Å². The van der Waals surface area contributed by atoms with E-state index in [1.54, 1.807) is 0 Å². The van der Waals surface area contributed by atoms with Crippen molar-refractivity contribution in [3.05, 3.63) is 35.4 Å². The molecular weight excluding hydrogens is 296 g/mol. The lowest BCUT2D eigenvalue weighted by molar-refractivity contribution is -0.132. The minimum absolute atomic E-state index is 0. The summed E-state index contributed by atoms with van der Waals surface area (Å²) >= 11 is 0. The molecule has 2 rings (SSSR count). The van der Waals surface area contributed by atoms with Gasteiger partial charge in [-0.25, -0.2) is 0 Å². The predicted octanol–water partition coefficient (Wildman–Crippen LogP) is 3.37. The molecule has 1 aromatic carbocycles. The van der Waals surface area contributed by atoms with Gasteiger partial charge in [-0.2, -0.15) is 0 Å². The van der Waals surface area contributed by atoms with Crippen molar-refractivity contribution < 1.29 is 4.79 Å². The molecule has 0 aromatic heterocycles. The molecule has 1 N–H and O–H groups in total. The molecule has 1 aliphatic rings. The van der Waals surface area contributed by atoms with Crippen LogP contribution >= 0.6 is 12.4 Å². The number of nitrogens with one attached hydrogen (secondary N) is 1. The molecule has 1 unspecified atom stereocenters. The highest BCUT2D eigenvalue weighted by atomic mass is 35.5. The van der Waals surface area contributed by atoms with Crippen LogP contribution in [0.25, 0.3) is 0 Å². The monoisotopic (exact) mass is 324 g/mol. The lowest BCUT2D eigenvalue weighted by atomic mass is 9.95. The van der Waals surface area contributed by atoms with Crippen LogP contribution < -0.4 is 5.32 Å². The molecule has 0 bridgehead atoms. The minimum Gasteiger partial charge on any atom is -0.343 e. The van der Waals surface area contributed by atoms with E-state index in [4.69, 9.17) is 0 Å². The Morgan fingerprint density at radius 3 is 2.41 bits per heavy atom. The second-order valence-corrected chi connectivity index (χ2v) is 6.19. The number of carbonyl (C=O) groups is 1. The Kier molecular flexibility index (Phi) is 7.91. The normalized spacial score (nSPS) is 16.7. The van der Waals surface area contributed by atoms with Crippen molar-refractivity contribution in [2.24, 2.45) is 0 Å². The maximum Gasteiger partial charge on any atom is 0.223 e. The summed E-state index contributed by atoms with van der Waals surface area (Å²) in [5.41, 5.74) is 2.61. The fraction of sp³-hybridized carbons (Fsp3) is 0.611. The summed E-state index contributed by atoms with van der Waals surface area (Å²) in [5.74, 6) is 0.557. The first kappa shape index (κ1) is 19.0. The third kappa shape index (κ3) is 4.99. The number of hydrogen-bond acceptors (Lipinski definition) is 2. The van der Waals surface area contributed by atoms with Gasteiger partial charge in [0.2, 0.25) is 5.91 Å². The largest absolute Gasteiger partial charge is 0.343 e. The number of carbonyl (C=O) groups excluding carboxylic acids is 1. The van der Waals surface area contributed by atoms with E-state index < -0.39 is 0 Å². The number of benzene rings is 1. The highest BCUT2D eigenvalue weighted by molar-refractivity contribution is 5.85. The molecule has 0 spiro atoms. The van der Waals surface area contributed by atoms with Gasteiger partial charge in [-0.1, -0.05) is 38.1 Å². The molecule has 1 aromatic rings. The average Bonchev–Trinajstić information content (AvgIpc) is 2.55. The average molecular weight is 325 g/mol. The summed E-state index contributed by atoms with van der Waals surface area (Å²) in [6.45, 7) is 6.36. The maximum atomic E-state index is 12.5. The van der Waals surface area contributed by atoms with Gasteiger partial charge >= 0.3 is 0 Å². The topological polar surface area (TPSA) is 32.3 Å². The molecule has 0 aliphatic carbocycles. The minimum atomic E-state index is 0. The van der Waals surface area contributed by atoms with Gasteiger partial charge in [0.1, 0.15) is 0 Å². The van der Waals surface area contributed by atoms with Crippen LogP contribution in [0.5, 0.6) is 0 Å². The molecule has 1 fully saturated rings. The molecule has 0 radical (unpaired) electrons. The van der Waals surface area contributed by atoms with Gasteiger partial charge in [-0.05, 0) is 49.4 Å². The number of nitrogens with zero attached hydrogens (tertiary/aromatic N) is 1. The van der Waals surface area contributed by atoms with Crippen molar-refractivity contribution in [2.75, 3.05) is 20.1 Å². The molecule has 1 atom stereocenters. The fourth-order valence-electron chi connectivity index (χ4n) is 3.00. The van der Waals surface area contributed by atoms with Crippen LogP contribution in [0, 0.1) is 0 Å². The molecule has 0 saturated carbocycles. The molecule has 3 nitrogen and oxygen atoms in total. The standard InChI is InChI=1S/C18H28N2O.ClH/c1-4-15-5-7-16(8-6-15)14(2)13-18(21)20(3)17-9-11-19-12-10-17;/h5-8,14,17,19H,4,9-13H2,1-3H3;1H. The third-order valence-electron chi connectivity index (χ3n) is 4.69. The lowest BCUT2D eigenvalue weighted by Crippen LogP contribution is -2.44. The summed E-state index contributed by atoms with van der Waals surface area (Å²) in [5, 5.41) is 3.35. The zero-order valence-corrected chi connectivity index (χ0v) is 14.8. The number of hydrogen-bond donors (Lipinski definition) is 1. The van der Waals surface area contributed by atoms with E-state index >= 15 is 0 Å². The SMILES string of the molecule is CCc1ccc(C(C)CC(=O)N(C)C2CCNCC2)cc1.Cl. The molecule has 1 heterocycles. The maximum absolute atomic E-state index is 12.5. The lowest BCUT2D eigenvalue weighted by Gasteiger charge is -2.32. The Labute approximate surface area is 140 Å². The molecule has 1 aliphatic heterocycles. The number of piperidine rings is 1. The van der Waals surface area contributed by atoms with Crippen LogP contribution in [0.2, 0.25) is 0 Å². The zero-order chi connectivity index (χ0) is 15.2. The summed E-state index contributed by atoms with van der Waals surface area (Å²) in [6.07, 6.45) is 3.81. The second kappa shape index (κ2) is 9.16. The van der Waals surface area contributed by atoms with Crippen LogP contribution in [0.1, 0.15) is 50.2 Å². The van der Waals surface area contributed by atoms with E-state index in [9.17, 15) is 4.79 Å². The van der Waals surface area contributed by atoms with E-state index in [0.29, 0.717) is 12.5 Å². The van der Waals surface area contributed by atoms with Crippen LogP contribution in [0.15, 0.2) is 24.3 Å². The van der Waals surface area contributed by atoms with Crippen molar-refractivity contribution in [1.82, 2.24) is 10.2 Å². The molecule has 22 heavy (non-hydrogen) atoms.